The zero-order valence-corrected chi connectivity index (χ0v) is 9.15. The Morgan fingerprint density at radius 3 is 3.00 bits per heavy atom. The number of aromatic nitrogens is 2. The third-order valence-corrected chi connectivity index (χ3v) is 2.63. The second-order valence-electron chi connectivity index (χ2n) is 3.62. The Bertz CT molecular complexity index is 491. The normalized spacial score (nSPS) is 10.6. The molecule has 2 N–H and O–H groups in total. The third-order valence-electron chi connectivity index (χ3n) is 2.63. The van der Waals surface area contributed by atoms with Crippen LogP contribution in [-0.4, -0.2) is 9.55 Å². The molecule has 0 atom stereocenters. The molecule has 0 saturated carbocycles. The molecule has 2 rings (SSSR count). The second-order valence-corrected chi connectivity index (χ2v) is 3.62. The lowest BCUT2D eigenvalue weighted by Gasteiger charge is -2.07. The number of halogens is 1. The molecule has 0 aliphatic heterocycles. The van der Waals surface area contributed by atoms with E-state index in [4.69, 9.17) is 5.73 Å². The van der Waals surface area contributed by atoms with Crippen molar-refractivity contribution in [1.82, 2.24) is 9.55 Å². The van der Waals surface area contributed by atoms with Crippen molar-refractivity contribution in [3.8, 4) is 0 Å². The molecule has 2 aromatic rings. The summed E-state index contributed by atoms with van der Waals surface area (Å²) in [4.78, 5) is 4.24. The molecule has 0 radical (unpaired) electrons. The van der Waals surface area contributed by atoms with Crippen LogP contribution in [0.15, 0.2) is 30.6 Å². The maximum Gasteiger partial charge on any atom is 0.146 e. The standard InChI is InChI=1S/C12H14FN3/c1-2-16-7-6-15-11(16)8-9-4-3-5-10(13)12(9)14/h3-7H,2,8,14H2,1H3. The van der Waals surface area contributed by atoms with E-state index in [1.54, 1.807) is 12.3 Å². The van der Waals surface area contributed by atoms with Gasteiger partial charge in [-0.1, -0.05) is 12.1 Å². The molecule has 0 spiro atoms. The number of para-hydroxylation sites is 1. The predicted octanol–water partition coefficient (Wildman–Crippen LogP) is 2.22. The Morgan fingerprint density at radius 2 is 2.25 bits per heavy atom. The highest BCUT2D eigenvalue weighted by molar-refractivity contribution is 5.49. The van der Waals surface area contributed by atoms with Crippen molar-refractivity contribution in [2.45, 2.75) is 19.9 Å². The molecule has 0 saturated heterocycles. The number of benzene rings is 1. The molecule has 4 heteroatoms. The molecule has 1 heterocycles. The van der Waals surface area contributed by atoms with E-state index < -0.39 is 0 Å². The summed E-state index contributed by atoms with van der Waals surface area (Å²) in [6, 6.07) is 4.86. The lowest BCUT2D eigenvalue weighted by molar-refractivity contribution is 0.630. The summed E-state index contributed by atoms with van der Waals surface area (Å²) in [5, 5.41) is 0. The highest BCUT2D eigenvalue weighted by Crippen LogP contribution is 2.18. The SMILES string of the molecule is CCn1ccnc1Cc1cccc(F)c1N. The van der Waals surface area contributed by atoms with Crippen LogP contribution in [0.5, 0.6) is 0 Å². The fraction of sp³-hybridized carbons (Fsp3) is 0.250. The van der Waals surface area contributed by atoms with E-state index in [0.29, 0.717) is 6.42 Å². The van der Waals surface area contributed by atoms with Crippen LogP contribution in [0.4, 0.5) is 10.1 Å². The van der Waals surface area contributed by atoms with E-state index in [1.807, 2.05) is 23.8 Å². The van der Waals surface area contributed by atoms with Crippen molar-refractivity contribution in [1.29, 1.82) is 0 Å². The lowest BCUT2D eigenvalue weighted by atomic mass is 10.1. The van der Waals surface area contributed by atoms with Crippen molar-refractivity contribution in [3.05, 3.63) is 47.8 Å². The minimum absolute atomic E-state index is 0.216. The number of hydrogen-bond acceptors (Lipinski definition) is 2. The topological polar surface area (TPSA) is 43.8 Å². The number of imidazole rings is 1. The summed E-state index contributed by atoms with van der Waals surface area (Å²) in [6.07, 6.45) is 4.21. The van der Waals surface area contributed by atoms with E-state index in [0.717, 1.165) is 17.9 Å². The highest BCUT2D eigenvalue weighted by Gasteiger charge is 2.08. The number of nitrogens with zero attached hydrogens (tertiary/aromatic N) is 2. The molecule has 84 valence electrons. The molecule has 0 aliphatic rings. The first-order chi connectivity index (χ1) is 7.72. The molecule has 0 unspecified atom stereocenters. The molecule has 0 bridgehead atoms. The maximum atomic E-state index is 13.2. The minimum Gasteiger partial charge on any atom is -0.396 e. The van der Waals surface area contributed by atoms with Gasteiger partial charge in [-0.3, -0.25) is 0 Å². The fourth-order valence-corrected chi connectivity index (χ4v) is 1.70. The van der Waals surface area contributed by atoms with Crippen LogP contribution in [0.2, 0.25) is 0 Å². The molecular formula is C12H14FN3. The molecule has 0 amide bonds. The van der Waals surface area contributed by atoms with Crippen molar-refractivity contribution >= 4 is 5.69 Å². The van der Waals surface area contributed by atoms with E-state index in [1.165, 1.54) is 6.07 Å². The van der Waals surface area contributed by atoms with Gasteiger partial charge < -0.3 is 10.3 Å². The third kappa shape index (κ3) is 1.91. The number of hydrogen-bond donors (Lipinski definition) is 1. The quantitative estimate of drug-likeness (QED) is 0.804. The van der Waals surface area contributed by atoms with Crippen molar-refractivity contribution in [2.75, 3.05) is 5.73 Å². The number of nitrogen functional groups attached to an aromatic ring is 1. The number of rotatable bonds is 3. The Kier molecular flexibility index (Phi) is 2.90. The Hall–Kier alpha value is -1.84. The molecule has 1 aromatic heterocycles. The van der Waals surface area contributed by atoms with Gasteiger partial charge in [-0.2, -0.15) is 0 Å². The van der Waals surface area contributed by atoms with Gasteiger partial charge in [0.25, 0.3) is 0 Å². The van der Waals surface area contributed by atoms with Gasteiger partial charge in [-0.25, -0.2) is 9.37 Å². The first-order valence-corrected chi connectivity index (χ1v) is 5.25. The van der Waals surface area contributed by atoms with Crippen molar-refractivity contribution < 1.29 is 4.39 Å². The zero-order chi connectivity index (χ0) is 11.5. The van der Waals surface area contributed by atoms with Crippen LogP contribution >= 0.6 is 0 Å². The Labute approximate surface area is 93.7 Å². The van der Waals surface area contributed by atoms with Gasteiger partial charge in [0, 0.05) is 25.4 Å². The van der Waals surface area contributed by atoms with Gasteiger partial charge >= 0.3 is 0 Å². The van der Waals surface area contributed by atoms with Crippen molar-refractivity contribution in [3.63, 3.8) is 0 Å². The summed E-state index contributed by atoms with van der Waals surface area (Å²) >= 11 is 0. The van der Waals surface area contributed by atoms with Crippen LogP contribution in [0.3, 0.4) is 0 Å². The molecule has 3 nitrogen and oxygen atoms in total. The van der Waals surface area contributed by atoms with E-state index >= 15 is 0 Å². The number of anilines is 1. The summed E-state index contributed by atoms with van der Waals surface area (Å²) < 4.78 is 15.3. The van der Waals surface area contributed by atoms with Crippen molar-refractivity contribution in [2.24, 2.45) is 0 Å². The molecule has 0 aliphatic carbocycles. The van der Waals surface area contributed by atoms with E-state index in [9.17, 15) is 4.39 Å². The van der Waals surface area contributed by atoms with Crippen LogP contribution < -0.4 is 5.73 Å². The average Bonchev–Trinajstić information content (AvgIpc) is 2.72. The predicted molar refractivity (Wildman–Crippen MR) is 61.5 cm³/mol. The summed E-state index contributed by atoms with van der Waals surface area (Å²) in [5.74, 6) is 0.534. The average molecular weight is 219 g/mol. The fourth-order valence-electron chi connectivity index (χ4n) is 1.70. The summed E-state index contributed by atoms with van der Waals surface area (Å²) in [7, 11) is 0. The Balaban J connectivity index is 2.30. The van der Waals surface area contributed by atoms with Crippen LogP contribution in [0.25, 0.3) is 0 Å². The molecule has 0 fully saturated rings. The highest BCUT2D eigenvalue weighted by atomic mass is 19.1. The minimum atomic E-state index is -0.368. The Morgan fingerprint density at radius 1 is 1.44 bits per heavy atom. The van der Waals surface area contributed by atoms with Crippen LogP contribution in [0, 0.1) is 5.82 Å². The smallest absolute Gasteiger partial charge is 0.146 e. The number of nitrogens with two attached hydrogens (primary N) is 1. The molecule has 16 heavy (non-hydrogen) atoms. The van der Waals surface area contributed by atoms with Gasteiger partial charge in [0.1, 0.15) is 11.6 Å². The maximum absolute atomic E-state index is 13.2. The summed E-state index contributed by atoms with van der Waals surface area (Å²) in [6.45, 7) is 2.89. The molecular weight excluding hydrogens is 205 g/mol. The monoisotopic (exact) mass is 219 g/mol. The summed E-state index contributed by atoms with van der Waals surface area (Å²) in [5.41, 5.74) is 6.67. The van der Waals surface area contributed by atoms with Gasteiger partial charge in [0.2, 0.25) is 0 Å². The largest absolute Gasteiger partial charge is 0.396 e. The van der Waals surface area contributed by atoms with Gasteiger partial charge in [0.15, 0.2) is 0 Å². The molecule has 1 aromatic carbocycles. The second kappa shape index (κ2) is 4.35. The van der Waals surface area contributed by atoms with E-state index in [-0.39, 0.29) is 11.5 Å². The van der Waals surface area contributed by atoms with Crippen LogP contribution in [0.1, 0.15) is 18.3 Å². The zero-order valence-electron chi connectivity index (χ0n) is 9.15. The van der Waals surface area contributed by atoms with Gasteiger partial charge in [-0.05, 0) is 18.6 Å². The number of aryl methyl sites for hydroxylation is 1. The lowest BCUT2D eigenvalue weighted by Crippen LogP contribution is -2.04. The first kappa shape index (κ1) is 10.7. The van der Waals surface area contributed by atoms with Gasteiger partial charge in [0.05, 0.1) is 5.69 Å². The van der Waals surface area contributed by atoms with Gasteiger partial charge in [-0.15, -0.1) is 0 Å². The van der Waals surface area contributed by atoms with E-state index in [2.05, 4.69) is 4.98 Å². The van der Waals surface area contributed by atoms with Crippen LogP contribution in [-0.2, 0) is 13.0 Å². The first-order valence-electron chi connectivity index (χ1n) is 5.25.